The number of nitrogens with two attached hydrogens (primary N) is 2. The van der Waals surface area contributed by atoms with E-state index in [9.17, 15) is 4.57 Å². The van der Waals surface area contributed by atoms with Crippen LogP contribution in [0.1, 0.15) is 0 Å². The molecular formula is C9H15N6O6P. The minimum atomic E-state index is -4.33. The van der Waals surface area contributed by atoms with Crippen LogP contribution in [0.4, 0.5) is 11.8 Å². The van der Waals surface area contributed by atoms with Crippen molar-refractivity contribution in [3.63, 3.8) is 0 Å². The number of aromatic nitrogens is 4. The van der Waals surface area contributed by atoms with Gasteiger partial charge in [-0.2, -0.15) is 14.7 Å². The number of fused-ring (bicyclic) bond motifs is 1. The van der Waals surface area contributed by atoms with E-state index in [-0.39, 0.29) is 29.5 Å². The summed E-state index contributed by atoms with van der Waals surface area (Å²) >= 11 is 0. The van der Waals surface area contributed by atoms with Crippen molar-refractivity contribution in [2.45, 2.75) is 6.10 Å². The van der Waals surface area contributed by atoms with Crippen molar-refractivity contribution in [2.75, 3.05) is 31.0 Å². The molecule has 0 radical (unpaired) electrons. The Morgan fingerprint density at radius 2 is 2.09 bits per heavy atom. The number of anilines is 2. The number of aliphatic hydroxyl groups is 1. The molecule has 1 atom stereocenters. The molecule has 0 saturated heterocycles. The molecule has 0 bridgehead atoms. The van der Waals surface area contributed by atoms with Gasteiger partial charge >= 0.3 is 7.60 Å². The van der Waals surface area contributed by atoms with Gasteiger partial charge in [0.15, 0.2) is 11.3 Å². The zero-order chi connectivity index (χ0) is 16.3. The minimum absolute atomic E-state index is 0.0631. The van der Waals surface area contributed by atoms with Crippen LogP contribution < -0.4 is 16.3 Å². The lowest BCUT2D eigenvalue weighted by atomic mass is 10.4. The molecule has 0 amide bonds. The smallest absolute Gasteiger partial charge is 0.350 e. The summed E-state index contributed by atoms with van der Waals surface area (Å²) in [5, 5.41) is 9.10. The molecule has 0 aliphatic carbocycles. The van der Waals surface area contributed by atoms with E-state index in [1.54, 1.807) is 0 Å². The Bertz CT molecular complexity index is 701. The van der Waals surface area contributed by atoms with Gasteiger partial charge in [-0.05, 0) is 0 Å². The number of hydrogen-bond acceptors (Lipinski definition) is 9. The average molecular weight is 334 g/mol. The summed E-state index contributed by atoms with van der Waals surface area (Å²) in [7, 11) is -4.33. The zero-order valence-electron chi connectivity index (χ0n) is 11.2. The zero-order valence-corrected chi connectivity index (χ0v) is 12.1. The molecule has 7 N–H and O–H groups in total. The lowest BCUT2D eigenvalue weighted by Gasteiger charge is -2.16. The van der Waals surface area contributed by atoms with Gasteiger partial charge < -0.3 is 35.9 Å². The Balaban J connectivity index is 2.06. The summed E-state index contributed by atoms with van der Waals surface area (Å²) in [4.78, 5) is 34.4. The maximum Gasteiger partial charge on any atom is 0.350 e. The maximum atomic E-state index is 10.7. The van der Waals surface area contributed by atoms with Crippen molar-refractivity contribution in [1.29, 1.82) is 0 Å². The van der Waals surface area contributed by atoms with Crippen LogP contribution in [0.2, 0.25) is 0 Å². The van der Waals surface area contributed by atoms with Crippen LogP contribution in [0.15, 0.2) is 6.33 Å². The summed E-state index contributed by atoms with van der Waals surface area (Å²) < 4.78 is 16.7. The molecule has 2 heterocycles. The molecule has 2 aromatic heterocycles. The van der Waals surface area contributed by atoms with Gasteiger partial charge in [0.2, 0.25) is 11.6 Å². The van der Waals surface area contributed by atoms with Crippen LogP contribution in [0.25, 0.3) is 11.2 Å². The van der Waals surface area contributed by atoms with Gasteiger partial charge in [-0.3, -0.25) is 4.57 Å². The van der Waals surface area contributed by atoms with Crippen molar-refractivity contribution in [3.05, 3.63) is 6.33 Å². The first-order chi connectivity index (χ1) is 10.3. The monoisotopic (exact) mass is 334 g/mol. The first-order valence-corrected chi connectivity index (χ1v) is 7.76. The van der Waals surface area contributed by atoms with E-state index in [0.29, 0.717) is 0 Å². The topological polar surface area (TPSA) is 192 Å². The number of ether oxygens (including phenoxy) is 1. The molecule has 22 heavy (non-hydrogen) atoms. The van der Waals surface area contributed by atoms with Gasteiger partial charge in [-0.15, -0.1) is 0 Å². The van der Waals surface area contributed by atoms with Crippen LogP contribution in [-0.2, 0) is 9.30 Å². The fraction of sp³-hybridized carbons (Fsp3) is 0.444. The van der Waals surface area contributed by atoms with Crippen molar-refractivity contribution in [1.82, 2.24) is 19.7 Å². The van der Waals surface area contributed by atoms with Crippen LogP contribution in [0.3, 0.4) is 0 Å². The van der Waals surface area contributed by atoms with E-state index >= 15 is 0 Å². The molecule has 0 fully saturated rings. The highest BCUT2D eigenvalue weighted by molar-refractivity contribution is 7.51. The Morgan fingerprint density at radius 3 is 2.73 bits per heavy atom. The Hall–Kier alpha value is -1.98. The largest absolute Gasteiger partial charge is 0.408 e. The third-order valence-electron chi connectivity index (χ3n) is 2.49. The van der Waals surface area contributed by atoms with Gasteiger partial charge in [-0.25, -0.2) is 4.98 Å². The molecule has 12 nitrogen and oxygen atoms in total. The van der Waals surface area contributed by atoms with Gasteiger partial charge in [0.25, 0.3) is 0 Å². The molecule has 2 aromatic rings. The standard InChI is InChI=1S/C9H15N6O6P/c10-7-6-8(14-9(11)13-7)15(3-12-6)21-2-5(1-16)20-4-22(17,18)19/h3,5,16H,1-2,4H2,(H2,17,18,19)(H4,10,11,13,14). The first-order valence-electron chi connectivity index (χ1n) is 5.96. The molecule has 2 rings (SSSR count). The molecule has 0 saturated carbocycles. The molecule has 122 valence electrons. The summed E-state index contributed by atoms with van der Waals surface area (Å²) in [6.45, 7) is -0.697. The highest BCUT2D eigenvalue weighted by Gasteiger charge is 2.19. The van der Waals surface area contributed by atoms with Gasteiger partial charge in [-0.1, -0.05) is 0 Å². The molecule has 1 unspecified atom stereocenters. The molecule has 0 aliphatic rings. The van der Waals surface area contributed by atoms with E-state index in [2.05, 4.69) is 15.0 Å². The summed E-state index contributed by atoms with van der Waals surface area (Å²) in [6.07, 6.45) is -0.498. The molecule has 13 heteroatoms. The van der Waals surface area contributed by atoms with Crippen LogP contribution in [-0.4, -0.2) is 60.2 Å². The SMILES string of the molecule is Nc1nc(N)c2ncn(OCC(CO)OCP(=O)(O)O)c2n1. The predicted octanol–water partition coefficient (Wildman–Crippen LogP) is -2.07. The predicted molar refractivity (Wildman–Crippen MR) is 74.5 cm³/mol. The Labute approximate surface area is 123 Å². The maximum absolute atomic E-state index is 10.7. The van der Waals surface area contributed by atoms with Gasteiger partial charge in [0.1, 0.15) is 25.4 Å². The number of nitrogens with zero attached hydrogens (tertiary/aromatic N) is 4. The number of nitrogen functional groups attached to an aromatic ring is 2. The molecular weight excluding hydrogens is 319 g/mol. The van der Waals surface area contributed by atoms with Crippen molar-refractivity contribution >= 4 is 30.5 Å². The fourth-order valence-corrected chi connectivity index (χ4v) is 1.94. The van der Waals surface area contributed by atoms with Crippen LogP contribution in [0, 0.1) is 0 Å². The van der Waals surface area contributed by atoms with Gasteiger partial charge in [0.05, 0.1) is 6.61 Å². The lowest BCUT2D eigenvalue weighted by Crippen LogP contribution is -2.29. The second kappa shape index (κ2) is 6.42. The lowest BCUT2D eigenvalue weighted by molar-refractivity contribution is -0.0327. The summed E-state index contributed by atoms with van der Waals surface area (Å²) in [5.41, 5.74) is 11.6. The quantitative estimate of drug-likeness (QED) is 0.349. The number of rotatable bonds is 7. The van der Waals surface area contributed by atoms with E-state index in [1.807, 2.05) is 0 Å². The molecule has 0 aliphatic heterocycles. The first kappa shape index (κ1) is 16.4. The average Bonchev–Trinajstić information content (AvgIpc) is 2.81. The Morgan fingerprint density at radius 1 is 1.36 bits per heavy atom. The second-order valence-electron chi connectivity index (χ2n) is 4.27. The van der Waals surface area contributed by atoms with E-state index < -0.39 is 26.7 Å². The highest BCUT2D eigenvalue weighted by Crippen LogP contribution is 2.34. The number of hydrogen-bond donors (Lipinski definition) is 5. The fourth-order valence-electron chi connectivity index (χ4n) is 1.53. The van der Waals surface area contributed by atoms with Crippen LogP contribution in [0.5, 0.6) is 0 Å². The Kier molecular flexibility index (Phi) is 4.78. The second-order valence-corrected chi connectivity index (χ2v) is 5.86. The minimum Gasteiger partial charge on any atom is -0.408 e. The van der Waals surface area contributed by atoms with Gasteiger partial charge in [0, 0.05) is 0 Å². The number of aliphatic hydroxyl groups excluding tert-OH is 1. The highest BCUT2D eigenvalue weighted by atomic mass is 31.2. The summed E-state index contributed by atoms with van der Waals surface area (Å²) in [5.74, 6) is 0.0214. The third-order valence-corrected chi connectivity index (χ3v) is 2.98. The molecule has 0 spiro atoms. The number of imidazole rings is 1. The van der Waals surface area contributed by atoms with E-state index in [1.165, 1.54) is 6.33 Å². The van der Waals surface area contributed by atoms with E-state index in [4.69, 9.17) is 35.9 Å². The van der Waals surface area contributed by atoms with Crippen LogP contribution >= 0.6 is 7.60 Å². The summed E-state index contributed by atoms with van der Waals surface area (Å²) in [6, 6.07) is 0. The molecule has 0 aromatic carbocycles. The van der Waals surface area contributed by atoms with Crippen molar-refractivity contribution < 1.29 is 29.0 Å². The normalized spacial score (nSPS) is 13.4. The van der Waals surface area contributed by atoms with Crippen molar-refractivity contribution in [2.24, 2.45) is 0 Å². The third kappa shape index (κ3) is 4.02. The van der Waals surface area contributed by atoms with Crippen molar-refractivity contribution in [3.8, 4) is 0 Å². The van der Waals surface area contributed by atoms with E-state index in [0.717, 1.165) is 4.73 Å².